The minimum Gasteiger partial charge on any atom is -0.369 e. The summed E-state index contributed by atoms with van der Waals surface area (Å²) in [6.45, 7) is 1.99. The van der Waals surface area contributed by atoms with Crippen LogP contribution < -0.4 is 16.4 Å². The molecule has 0 aliphatic heterocycles. The molecule has 23 heavy (non-hydrogen) atoms. The first kappa shape index (κ1) is 15.8. The van der Waals surface area contributed by atoms with E-state index in [0.29, 0.717) is 18.7 Å². The van der Waals surface area contributed by atoms with Gasteiger partial charge >= 0.3 is 6.03 Å². The topological polar surface area (TPSA) is 123 Å². The predicted molar refractivity (Wildman–Crippen MR) is 81.4 cm³/mol. The lowest BCUT2D eigenvalue weighted by atomic mass is 9.80. The van der Waals surface area contributed by atoms with Crippen LogP contribution in [0.3, 0.4) is 0 Å². The molecule has 126 valence electrons. The summed E-state index contributed by atoms with van der Waals surface area (Å²) in [6, 6.07) is -0.0138. The number of primary amides is 1. The van der Waals surface area contributed by atoms with Gasteiger partial charge in [0.1, 0.15) is 0 Å². The number of nitrogens with one attached hydrogen (secondary N) is 2. The second kappa shape index (κ2) is 6.55. The van der Waals surface area contributed by atoms with Gasteiger partial charge in [0, 0.05) is 30.3 Å². The molecule has 1 aromatic heterocycles. The molecule has 2 fully saturated rings. The average molecular weight is 321 g/mol. The molecule has 2 aliphatic rings. The van der Waals surface area contributed by atoms with Gasteiger partial charge in [-0.1, -0.05) is 12.1 Å². The molecule has 0 bridgehead atoms. The summed E-state index contributed by atoms with van der Waals surface area (Å²) in [7, 11) is 0. The van der Waals surface area contributed by atoms with Crippen LogP contribution in [0.5, 0.6) is 0 Å². The monoisotopic (exact) mass is 321 g/mol. The van der Waals surface area contributed by atoms with Gasteiger partial charge in [0.2, 0.25) is 11.8 Å². The van der Waals surface area contributed by atoms with Gasteiger partial charge in [0.15, 0.2) is 5.82 Å². The molecule has 1 aromatic rings. The minimum atomic E-state index is -0.284. The van der Waals surface area contributed by atoms with Crippen molar-refractivity contribution in [3.8, 4) is 0 Å². The highest BCUT2D eigenvalue weighted by atomic mass is 16.5. The van der Waals surface area contributed by atoms with Gasteiger partial charge in [0.25, 0.3) is 0 Å². The Morgan fingerprint density at radius 3 is 2.61 bits per heavy atom. The first-order chi connectivity index (χ1) is 11.0. The fourth-order valence-corrected chi connectivity index (χ4v) is 3.29. The van der Waals surface area contributed by atoms with E-state index in [1.807, 2.05) is 6.92 Å². The maximum atomic E-state index is 12.0. The van der Waals surface area contributed by atoms with Gasteiger partial charge in [-0.25, -0.2) is 4.79 Å². The Morgan fingerprint density at radius 2 is 1.96 bits per heavy atom. The van der Waals surface area contributed by atoms with E-state index in [-0.39, 0.29) is 35.9 Å². The van der Waals surface area contributed by atoms with Crippen LogP contribution in [-0.2, 0) is 11.2 Å². The van der Waals surface area contributed by atoms with Gasteiger partial charge in [-0.15, -0.1) is 0 Å². The van der Waals surface area contributed by atoms with Crippen LogP contribution in [0, 0.1) is 5.92 Å². The van der Waals surface area contributed by atoms with E-state index in [1.165, 1.54) is 0 Å². The van der Waals surface area contributed by atoms with Crippen LogP contribution in [0.1, 0.15) is 56.7 Å². The summed E-state index contributed by atoms with van der Waals surface area (Å²) in [5.41, 5.74) is 5.22. The van der Waals surface area contributed by atoms with Crippen molar-refractivity contribution in [2.75, 3.05) is 0 Å². The fraction of sp³-hybridized carbons (Fsp3) is 0.733. The Kier molecular flexibility index (Phi) is 4.49. The van der Waals surface area contributed by atoms with Gasteiger partial charge in [-0.3, -0.25) is 4.79 Å². The number of aromatic nitrogens is 2. The summed E-state index contributed by atoms with van der Waals surface area (Å²) >= 11 is 0. The fourth-order valence-electron chi connectivity index (χ4n) is 3.29. The molecular formula is C15H23N5O3. The lowest BCUT2D eigenvalue weighted by molar-refractivity contribution is -0.124. The third-order valence-electron chi connectivity index (χ3n) is 4.79. The zero-order chi connectivity index (χ0) is 16.4. The van der Waals surface area contributed by atoms with Gasteiger partial charge in [0.05, 0.1) is 0 Å². The quantitative estimate of drug-likeness (QED) is 0.741. The Balaban J connectivity index is 1.41. The third-order valence-corrected chi connectivity index (χ3v) is 4.79. The predicted octanol–water partition coefficient (Wildman–Crippen LogP) is 0.831. The number of nitrogens with zero attached hydrogens (tertiary/aromatic N) is 2. The van der Waals surface area contributed by atoms with E-state index >= 15 is 0 Å². The van der Waals surface area contributed by atoms with Crippen molar-refractivity contribution in [3.05, 3.63) is 11.7 Å². The van der Waals surface area contributed by atoms with Crippen molar-refractivity contribution in [2.24, 2.45) is 11.7 Å². The van der Waals surface area contributed by atoms with Crippen LogP contribution in [-0.4, -0.2) is 34.2 Å². The first-order valence-corrected chi connectivity index (χ1v) is 8.24. The van der Waals surface area contributed by atoms with E-state index in [1.54, 1.807) is 0 Å². The van der Waals surface area contributed by atoms with E-state index in [0.717, 1.165) is 31.5 Å². The van der Waals surface area contributed by atoms with Crippen LogP contribution in [0.4, 0.5) is 4.79 Å². The van der Waals surface area contributed by atoms with Crippen molar-refractivity contribution in [2.45, 2.75) is 63.5 Å². The smallest absolute Gasteiger partial charge is 0.315 e. The molecule has 8 heteroatoms. The number of aryl methyl sites for hydroxylation is 1. The molecule has 3 amide bonds. The number of carbonyl (C=O) groups excluding carboxylic acids is 2. The number of rotatable bonds is 5. The lowest BCUT2D eigenvalue weighted by Gasteiger charge is -2.33. The van der Waals surface area contributed by atoms with Crippen LogP contribution in [0.25, 0.3) is 0 Å². The number of carbonyl (C=O) groups is 2. The summed E-state index contributed by atoms with van der Waals surface area (Å²) in [6.07, 6.45) is 4.68. The SMILES string of the molecule is CCc1noc(C2CCC(NC(=O)NC3CC(C(N)=O)C3)C2)n1. The van der Waals surface area contributed by atoms with Crippen molar-refractivity contribution >= 4 is 11.9 Å². The molecule has 0 aromatic carbocycles. The average Bonchev–Trinajstić information content (AvgIpc) is 3.10. The van der Waals surface area contributed by atoms with E-state index in [9.17, 15) is 9.59 Å². The number of hydrogen-bond donors (Lipinski definition) is 3. The normalized spacial score (nSPS) is 29.8. The Labute approximate surface area is 134 Å². The van der Waals surface area contributed by atoms with Gasteiger partial charge in [-0.05, 0) is 32.1 Å². The summed E-state index contributed by atoms with van der Waals surface area (Å²) in [4.78, 5) is 27.3. The zero-order valence-corrected chi connectivity index (χ0v) is 13.2. The van der Waals surface area contributed by atoms with Crippen LogP contribution in [0.15, 0.2) is 4.52 Å². The lowest BCUT2D eigenvalue weighted by Crippen LogP contribution is -2.52. The van der Waals surface area contributed by atoms with E-state index < -0.39 is 0 Å². The molecule has 2 unspecified atom stereocenters. The molecule has 8 nitrogen and oxygen atoms in total. The molecule has 2 atom stereocenters. The molecular weight excluding hydrogens is 298 g/mol. The molecule has 0 spiro atoms. The Hall–Kier alpha value is -2.12. The number of hydrogen-bond acceptors (Lipinski definition) is 5. The second-order valence-electron chi connectivity index (χ2n) is 6.49. The molecule has 0 saturated heterocycles. The summed E-state index contributed by atoms with van der Waals surface area (Å²) in [5.74, 6) is 1.24. The maximum absolute atomic E-state index is 12.0. The van der Waals surface area contributed by atoms with Gasteiger partial charge in [-0.2, -0.15) is 4.98 Å². The zero-order valence-electron chi connectivity index (χ0n) is 13.2. The Morgan fingerprint density at radius 1 is 1.22 bits per heavy atom. The maximum Gasteiger partial charge on any atom is 0.315 e. The highest BCUT2D eigenvalue weighted by Crippen LogP contribution is 2.33. The molecule has 0 radical (unpaired) electrons. The standard InChI is InChI=1S/C15H23N5O3/c1-2-12-19-14(23-20-12)8-3-4-10(5-8)17-15(22)18-11-6-9(7-11)13(16)21/h8-11H,2-7H2,1H3,(H2,16,21)(H2,17,18,22). The van der Waals surface area contributed by atoms with Crippen molar-refractivity contribution in [3.63, 3.8) is 0 Å². The highest BCUT2D eigenvalue weighted by Gasteiger charge is 2.35. The molecule has 2 saturated carbocycles. The summed E-state index contributed by atoms with van der Waals surface area (Å²) in [5, 5.41) is 9.79. The molecule has 3 rings (SSSR count). The third kappa shape index (κ3) is 3.62. The Bertz CT molecular complexity index is 581. The molecule has 4 N–H and O–H groups in total. The van der Waals surface area contributed by atoms with Crippen molar-refractivity contribution in [1.82, 2.24) is 20.8 Å². The van der Waals surface area contributed by atoms with Crippen LogP contribution >= 0.6 is 0 Å². The molecule has 2 aliphatic carbocycles. The van der Waals surface area contributed by atoms with Crippen molar-refractivity contribution < 1.29 is 14.1 Å². The van der Waals surface area contributed by atoms with Crippen molar-refractivity contribution in [1.29, 1.82) is 0 Å². The largest absolute Gasteiger partial charge is 0.369 e. The minimum absolute atomic E-state index is 0.0488. The van der Waals surface area contributed by atoms with E-state index in [4.69, 9.17) is 10.3 Å². The number of amides is 3. The van der Waals surface area contributed by atoms with E-state index in [2.05, 4.69) is 20.8 Å². The molecule has 1 heterocycles. The number of urea groups is 1. The first-order valence-electron chi connectivity index (χ1n) is 8.24. The summed E-state index contributed by atoms with van der Waals surface area (Å²) < 4.78 is 5.28. The second-order valence-corrected chi connectivity index (χ2v) is 6.49. The number of nitrogens with two attached hydrogens (primary N) is 1. The van der Waals surface area contributed by atoms with Crippen LogP contribution in [0.2, 0.25) is 0 Å². The highest BCUT2D eigenvalue weighted by molar-refractivity contribution is 5.79. The van der Waals surface area contributed by atoms with Gasteiger partial charge < -0.3 is 20.9 Å².